The summed E-state index contributed by atoms with van der Waals surface area (Å²) in [5.41, 5.74) is 1.42. The highest BCUT2D eigenvalue weighted by atomic mass is 19.2. The Morgan fingerprint density at radius 1 is 1.09 bits per heavy atom. The van der Waals surface area contributed by atoms with Crippen molar-refractivity contribution in [1.29, 1.82) is 0 Å². The minimum Gasteiger partial charge on any atom is -0.497 e. The first kappa shape index (κ1) is 32.9. The predicted octanol–water partition coefficient (Wildman–Crippen LogP) is 5.92. The van der Waals surface area contributed by atoms with Crippen LogP contribution in [0.3, 0.4) is 0 Å². The van der Waals surface area contributed by atoms with Crippen LogP contribution in [-0.2, 0) is 16.1 Å². The summed E-state index contributed by atoms with van der Waals surface area (Å²) >= 11 is 0. The third kappa shape index (κ3) is 8.22. The smallest absolute Gasteiger partial charge is 0.303 e. The molecule has 0 amide bonds. The first-order chi connectivity index (χ1) is 21.7. The summed E-state index contributed by atoms with van der Waals surface area (Å²) in [6, 6.07) is 6.67. The quantitative estimate of drug-likeness (QED) is 0.184. The molecule has 0 bridgehead atoms. The van der Waals surface area contributed by atoms with Crippen LogP contribution in [0, 0.1) is 22.9 Å². The number of piperidine rings is 1. The average Bonchev–Trinajstić information content (AvgIpc) is 3.03. The maximum absolute atomic E-state index is 16.5. The number of halogens is 4. The summed E-state index contributed by atoms with van der Waals surface area (Å²) in [7, 11) is 1.56. The number of rotatable bonds is 13. The van der Waals surface area contributed by atoms with E-state index < -0.39 is 40.8 Å². The van der Waals surface area contributed by atoms with Crippen LogP contribution in [0.25, 0.3) is 10.9 Å². The van der Waals surface area contributed by atoms with E-state index >= 15 is 4.39 Å². The van der Waals surface area contributed by atoms with Gasteiger partial charge in [0.1, 0.15) is 24.3 Å². The number of hydrogen-bond acceptors (Lipinski definition) is 7. The Morgan fingerprint density at radius 3 is 2.56 bits per heavy atom. The van der Waals surface area contributed by atoms with Crippen LogP contribution in [0.1, 0.15) is 49.4 Å². The molecule has 1 atom stereocenters. The van der Waals surface area contributed by atoms with Gasteiger partial charge in [0.05, 0.1) is 32.3 Å². The topological polar surface area (TPSA) is 84.4 Å². The number of morpholine rings is 1. The van der Waals surface area contributed by atoms with Gasteiger partial charge in [-0.15, -0.1) is 0 Å². The average molecular weight is 634 g/mol. The van der Waals surface area contributed by atoms with Crippen molar-refractivity contribution in [2.45, 2.75) is 44.8 Å². The van der Waals surface area contributed by atoms with Gasteiger partial charge >= 0.3 is 5.97 Å². The Labute approximate surface area is 259 Å². The van der Waals surface area contributed by atoms with Crippen molar-refractivity contribution in [2.75, 3.05) is 59.7 Å². The Balaban J connectivity index is 1.27. The monoisotopic (exact) mass is 633 g/mol. The molecule has 3 heterocycles. The molecule has 5 rings (SSSR count). The summed E-state index contributed by atoms with van der Waals surface area (Å²) in [4.78, 5) is 20.8. The number of ether oxygens (including phenoxy) is 3. The molecule has 2 aromatic carbocycles. The number of pyridine rings is 1. The Kier molecular flexibility index (Phi) is 10.8. The highest BCUT2D eigenvalue weighted by Gasteiger charge is 2.37. The van der Waals surface area contributed by atoms with Crippen molar-refractivity contribution in [1.82, 2.24) is 14.8 Å². The zero-order valence-corrected chi connectivity index (χ0v) is 25.4. The number of methoxy groups -OCH3 is 1. The minimum absolute atomic E-state index is 0.00277. The second-order valence-corrected chi connectivity index (χ2v) is 11.9. The van der Waals surface area contributed by atoms with Gasteiger partial charge in [-0.05, 0) is 68.0 Å². The number of hydrogen-bond donors (Lipinski definition) is 1. The van der Waals surface area contributed by atoms with Gasteiger partial charge in [0, 0.05) is 55.5 Å². The number of alkyl halides is 1. The van der Waals surface area contributed by atoms with Crippen molar-refractivity contribution in [3.05, 3.63) is 65.1 Å². The second-order valence-electron chi connectivity index (χ2n) is 11.9. The van der Waals surface area contributed by atoms with Crippen LogP contribution in [0.15, 0.2) is 36.5 Å². The van der Waals surface area contributed by atoms with E-state index in [0.717, 1.165) is 24.7 Å². The van der Waals surface area contributed by atoms with Crippen molar-refractivity contribution < 1.29 is 41.7 Å². The molecule has 45 heavy (non-hydrogen) atoms. The number of aromatic nitrogens is 1. The van der Waals surface area contributed by atoms with E-state index in [2.05, 4.69) is 9.88 Å². The van der Waals surface area contributed by atoms with E-state index in [1.54, 1.807) is 19.4 Å². The lowest BCUT2D eigenvalue weighted by atomic mass is 9.71. The summed E-state index contributed by atoms with van der Waals surface area (Å²) in [5.74, 6) is -4.32. The molecule has 0 radical (unpaired) electrons. The maximum Gasteiger partial charge on any atom is 0.303 e. The largest absolute Gasteiger partial charge is 0.497 e. The zero-order chi connectivity index (χ0) is 32.0. The number of likely N-dealkylation sites (tertiary alicyclic amines) is 1. The summed E-state index contributed by atoms with van der Waals surface area (Å²) in [6.45, 7) is 4.67. The van der Waals surface area contributed by atoms with Crippen molar-refractivity contribution >= 4 is 16.9 Å². The van der Waals surface area contributed by atoms with Gasteiger partial charge in [-0.1, -0.05) is 0 Å². The molecule has 1 aromatic heterocycles. The van der Waals surface area contributed by atoms with Gasteiger partial charge in [0.25, 0.3) is 0 Å². The highest BCUT2D eigenvalue weighted by Crippen LogP contribution is 2.43. The van der Waals surface area contributed by atoms with E-state index in [1.807, 2.05) is 17.0 Å². The third-order valence-corrected chi connectivity index (χ3v) is 9.01. The molecule has 2 saturated heterocycles. The molecule has 12 heteroatoms. The van der Waals surface area contributed by atoms with Gasteiger partial charge in [0.2, 0.25) is 5.82 Å². The molecule has 2 aliphatic heterocycles. The number of carbonyl (C=O) groups is 1. The second kappa shape index (κ2) is 14.7. The summed E-state index contributed by atoms with van der Waals surface area (Å²) in [5, 5.41) is 10.5. The van der Waals surface area contributed by atoms with Crippen molar-refractivity contribution in [3.8, 4) is 11.5 Å². The molecule has 0 aliphatic carbocycles. The van der Waals surface area contributed by atoms with Gasteiger partial charge in [-0.25, -0.2) is 13.2 Å². The molecule has 1 N–H and O–H groups in total. The molecular formula is C33H39F4N3O5. The number of benzene rings is 2. The fourth-order valence-corrected chi connectivity index (χ4v) is 6.44. The number of nitrogens with zero attached hydrogens (tertiary/aromatic N) is 3. The third-order valence-electron chi connectivity index (χ3n) is 9.01. The minimum atomic E-state index is -1.35. The Bertz CT molecular complexity index is 1480. The first-order valence-electron chi connectivity index (χ1n) is 15.3. The van der Waals surface area contributed by atoms with Gasteiger partial charge in [-0.2, -0.15) is 4.39 Å². The predicted molar refractivity (Wildman–Crippen MR) is 160 cm³/mol. The molecule has 2 aliphatic rings. The Hall–Kier alpha value is -3.48. The van der Waals surface area contributed by atoms with E-state index in [-0.39, 0.29) is 19.4 Å². The number of carboxylic acids is 1. The standard InChI is InChI=1S/C33H39F4N3O5/c1-43-24-2-3-28-25(18-24)31(22(20-38-28)21-40-10-13-44-14-11-40)26(35)4-5-33(19-30(41)42)6-8-39(9-7-33)12-15-45-29-17-23(34)16-27(36)32(29)37/h2-3,16-18,20,26H,4-15,19,21H2,1H3,(H,41,42). The van der Waals surface area contributed by atoms with Gasteiger partial charge in [0.15, 0.2) is 11.6 Å². The fourth-order valence-electron chi connectivity index (χ4n) is 6.44. The molecule has 8 nitrogen and oxygen atoms in total. The lowest BCUT2D eigenvalue weighted by Crippen LogP contribution is -2.42. The highest BCUT2D eigenvalue weighted by molar-refractivity contribution is 5.85. The summed E-state index contributed by atoms with van der Waals surface area (Å²) in [6.07, 6.45) is 1.89. The lowest BCUT2D eigenvalue weighted by Gasteiger charge is -2.41. The van der Waals surface area contributed by atoms with E-state index in [0.29, 0.717) is 86.9 Å². The molecule has 3 aromatic rings. The SMILES string of the molecule is COc1ccc2ncc(CN3CCOCC3)c(C(F)CCC3(CC(=O)O)CCN(CCOc4cc(F)cc(F)c4F)CC3)c2c1. The molecule has 2 fully saturated rings. The van der Waals surface area contributed by atoms with Crippen molar-refractivity contribution in [3.63, 3.8) is 0 Å². The number of aliphatic carboxylic acids is 1. The van der Waals surface area contributed by atoms with E-state index in [4.69, 9.17) is 14.2 Å². The molecule has 244 valence electrons. The lowest BCUT2D eigenvalue weighted by molar-refractivity contribution is -0.141. The molecule has 0 spiro atoms. The Morgan fingerprint density at radius 2 is 1.84 bits per heavy atom. The van der Waals surface area contributed by atoms with E-state index in [9.17, 15) is 23.1 Å². The first-order valence-corrected chi connectivity index (χ1v) is 15.3. The van der Waals surface area contributed by atoms with Gasteiger partial charge < -0.3 is 19.3 Å². The summed E-state index contributed by atoms with van der Waals surface area (Å²) < 4.78 is 73.6. The molecular weight excluding hydrogens is 594 g/mol. The van der Waals surface area contributed by atoms with Crippen LogP contribution in [0.5, 0.6) is 11.5 Å². The maximum atomic E-state index is 16.5. The molecule has 0 saturated carbocycles. The number of fused-ring (bicyclic) bond motifs is 1. The van der Waals surface area contributed by atoms with Crippen LogP contribution in [0.2, 0.25) is 0 Å². The van der Waals surface area contributed by atoms with Gasteiger partial charge in [-0.3, -0.25) is 19.6 Å². The number of carboxylic acid groups (broad SMARTS) is 1. The fraction of sp³-hybridized carbons (Fsp3) is 0.515. The van der Waals surface area contributed by atoms with Crippen LogP contribution in [-0.4, -0.2) is 85.5 Å². The van der Waals surface area contributed by atoms with Crippen LogP contribution >= 0.6 is 0 Å². The zero-order valence-electron chi connectivity index (χ0n) is 25.4. The molecule has 1 unspecified atom stereocenters. The van der Waals surface area contributed by atoms with Crippen LogP contribution in [0.4, 0.5) is 17.6 Å². The normalized spacial score (nSPS) is 18.2. The van der Waals surface area contributed by atoms with Crippen molar-refractivity contribution in [2.24, 2.45) is 5.41 Å². The van der Waals surface area contributed by atoms with Crippen LogP contribution < -0.4 is 9.47 Å². The van der Waals surface area contributed by atoms with E-state index in [1.165, 1.54) is 0 Å².